The van der Waals surface area contributed by atoms with Crippen molar-refractivity contribution in [3.05, 3.63) is 0 Å². The van der Waals surface area contributed by atoms with Gasteiger partial charge in [-0.1, -0.05) is 26.7 Å². The van der Waals surface area contributed by atoms with Crippen molar-refractivity contribution in [1.82, 2.24) is 15.1 Å². The van der Waals surface area contributed by atoms with E-state index in [1.807, 2.05) is 13.8 Å². The van der Waals surface area contributed by atoms with E-state index in [4.69, 9.17) is 0 Å². The molecular weight excluding hydrogens is 270 g/mol. The molecule has 2 aliphatic heterocycles. The van der Waals surface area contributed by atoms with E-state index in [9.17, 15) is 14.7 Å². The Balaban J connectivity index is 1.92. The Morgan fingerprint density at radius 2 is 2.05 bits per heavy atom. The number of rotatable bonds is 4. The first-order valence-electron chi connectivity index (χ1n) is 8.05. The largest absolute Gasteiger partial charge is 0.480 e. The van der Waals surface area contributed by atoms with Crippen LogP contribution >= 0.6 is 0 Å². The van der Waals surface area contributed by atoms with E-state index < -0.39 is 12.0 Å². The van der Waals surface area contributed by atoms with Gasteiger partial charge in [0.2, 0.25) is 0 Å². The van der Waals surface area contributed by atoms with Crippen molar-refractivity contribution >= 4 is 12.0 Å². The molecule has 2 rings (SSSR count). The highest BCUT2D eigenvalue weighted by atomic mass is 16.4. The zero-order valence-electron chi connectivity index (χ0n) is 13.0. The Kier molecular flexibility index (Phi) is 5.45. The number of nitrogens with zero attached hydrogens (tertiary/aromatic N) is 2. The van der Waals surface area contributed by atoms with Crippen LogP contribution in [0.25, 0.3) is 0 Å². The van der Waals surface area contributed by atoms with Crippen molar-refractivity contribution in [2.75, 3.05) is 26.2 Å². The number of amides is 2. The Morgan fingerprint density at radius 3 is 2.71 bits per heavy atom. The third-order valence-corrected chi connectivity index (χ3v) is 4.88. The van der Waals surface area contributed by atoms with Crippen molar-refractivity contribution in [2.24, 2.45) is 5.92 Å². The summed E-state index contributed by atoms with van der Waals surface area (Å²) in [5.74, 6) is -1.02. The van der Waals surface area contributed by atoms with E-state index in [2.05, 4.69) is 10.2 Å². The summed E-state index contributed by atoms with van der Waals surface area (Å²) in [6, 6.07) is -0.579. The van der Waals surface area contributed by atoms with Gasteiger partial charge in [0.05, 0.1) is 0 Å². The molecule has 21 heavy (non-hydrogen) atoms. The van der Waals surface area contributed by atoms with Crippen LogP contribution in [0.2, 0.25) is 0 Å². The lowest BCUT2D eigenvalue weighted by molar-refractivity contribution is -0.140. The van der Waals surface area contributed by atoms with E-state index in [0.29, 0.717) is 12.6 Å². The number of carboxylic acids is 1. The lowest BCUT2D eigenvalue weighted by atomic mass is 9.98. The summed E-state index contributed by atoms with van der Waals surface area (Å²) in [5.41, 5.74) is 0. The fourth-order valence-electron chi connectivity index (χ4n) is 3.25. The number of piperidine rings is 1. The molecule has 0 aromatic rings. The van der Waals surface area contributed by atoms with Gasteiger partial charge in [-0.15, -0.1) is 0 Å². The third kappa shape index (κ3) is 3.87. The number of hydrogen-bond donors (Lipinski definition) is 2. The van der Waals surface area contributed by atoms with Crippen molar-refractivity contribution < 1.29 is 14.7 Å². The summed E-state index contributed by atoms with van der Waals surface area (Å²) in [5, 5.41) is 12.0. The Hall–Kier alpha value is -1.30. The third-order valence-electron chi connectivity index (χ3n) is 4.88. The Labute approximate surface area is 126 Å². The molecule has 0 radical (unpaired) electrons. The first-order chi connectivity index (χ1) is 10.0. The summed E-state index contributed by atoms with van der Waals surface area (Å²) in [6.45, 7) is 7.24. The van der Waals surface area contributed by atoms with Gasteiger partial charge in [-0.2, -0.15) is 0 Å². The van der Waals surface area contributed by atoms with E-state index in [0.717, 1.165) is 32.5 Å². The van der Waals surface area contributed by atoms with Crippen LogP contribution in [0.5, 0.6) is 0 Å². The van der Waals surface area contributed by atoms with Crippen LogP contribution in [-0.2, 0) is 4.79 Å². The van der Waals surface area contributed by atoms with Gasteiger partial charge in [0.1, 0.15) is 6.04 Å². The van der Waals surface area contributed by atoms with Crippen LogP contribution in [-0.4, -0.2) is 65.2 Å². The molecule has 2 amide bonds. The molecule has 0 saturated carbocycles. The average Bonchev–Trinajstić information content (AvgIpc) is 2.50. The minimum atomic E-state index is -0.950. The summed E-state index contributed by atoms with van der Waals surface area (Å²) in [7, 11) is 0. The number of aliphatic carboxylic acids is 1. The van der Waals surface area contributed by atoms with E-state index in [1.54, 1.807) is 4.90 Å². The predicted octanol–water partition coefficient (Wildman–Crippen LogP) is 1.37. The van der Waals surface area contributed by atoms with Gasteiger partial charge in [0.15, 0.2) is 0 Å². The number of urea groups is 1. The number of carbonyl (C=O) groups is 2. The average molecular weight is 297 g/mol. The topological polar surface area (TPSA) is 72.9 Å². The number of fused-ring (bicyclic) bond motifs is 1. The molecule has 0 spiro atoms. The molecule has 6 nitrogen and oxygen atoms in total. The summed E-state index contributed by atoms with van der Waals surface area (Å²) in [4.78, 5) is 27.9. The second-order valence-electron chi connectivity index (χ2n) is 6.28. The molecule has 0 aromatic carbocycles. The molecule has 3 atom stereocenters. The van der Waals surface area contributed by atoms with Gasteiger partial charge >= 0.3 is 12.0 Å². The minimum Gasteiger partial charge on any atom is -0.480 e. The van der Waals surface area contributed by atoms with Crippen LogP contribution in [0, 0.1) is 5.92 Å². The molecule has 2 N–H and O–H groups in total. The van der Waals surface area contributed by atoms with E-state index >= 15 is 0 Å². The number of nitrogens with one attached hydrogen (secondary N) is 1. The maximum Gasteiger partial charge on any atom is 0.326 e. The molecule has 0 aliphatic carbocycles. The SMILES string of the molecule is CCC(C)[C@H](NC(=O)N1CCN2CCCCC2C1)C(=O)O. The van der Waals surface area contributed by atoms with Crippen LogP contribution in [0.1, 0.15) is 39.5 Å². The molecule has 2 saturated heterocycles. The monoisotopic (exact) mass is 297 g/mol. The van der Waals surface area contributed by atoms with E-state index in [-0.39, 0.29) is 11.9 Å². The van der Waals surface area contributed by atoms with Crippen molar-refractivity contribution in [3.63, 3.8) is 0 Å². The molecular formula is C15H27N3O3. The van der Waals surface area contributed by atoms with Crippen LogP contribution in [0.15, 0.2) is 0 Å². The fraction of sp³-hybridized carbons (Fsp3) is 0.867. The maximum atomic E-state index is 12.3. The Bertz CT molecular complexity index is 388. The van der Waals surface area contributed by atoms with E-state index in [1.165, 1.54) is 12.8 Å². The minimum absolute atomic E-state index is 0.0672. The molecule has 2 heterocycles. The van der Waals surface area contributed by atoms with Gasteiger partial charge in [-0.3, -0.25) is 4.90 Å². The van der Waals surface area contributed by atoms with Crippen molar-refractivity contribution in [1.29, 1.82) is 0 Å². The predicted molar refractivity (Wildman–Crippen MR) is 80.2 cm³/mol. The molecule has 120 valence electrons. The number of piperazine rings is 1. The van der Waals surface area contributed by atoms with Crippen molar-refractivity contribution in [3.8, 4) is 0 Å². The molecule has 6 heteroatoms. The summed E-state index contributed by atoms with van der Waals surface area (Å²) >= 11 is 0. The highest BCUT2D eigenvalue weighted by Gasteiger charge is 2.33. The maximum absolute atomic E-state index is 12.3. The molecule has 0 aromatic heterocycles. The quantitative estimate of drug-likeness (QED) is 0.822. The highest BCUT2D eigenvalue weighted by molar-refractivity contribution is 5.82. The van der Waals surface area contributed by atoms with Crippen LogP contribution in [0.4, 0.5) is 4.79 Å². The standard InChI is InChI=1S/C15H27N3O3/c1-3-11(2)13(14(19)20)16-15(21)18-9-8-17-7-5-4-6-12(17)10-18/h11-13H,3-10H2,1-2H3,(H,16,21)(H,19,20)/t11?,12?,13-/m0/s1. The smallest absolute Gasteiger partial charge is 0.326 e. The fourth-order valence-corrected chi connectivity index (χ4v) is 3.25. The summed E-state index contributed by atoms with van der Waals surface area (Å²) < 4.78 is 0. The van der Waals surface area contributed by atoms with Crippen molar-refractivity contribution in [2.45, 2.75) is 51.6 Å². The zero-order valence-corrected chi connectivity index (χ0v) is 13.0. The van der Waals surface area contributed by atoms with Gasteiger partial charge in [0, 0.05) is 25.7 Å². The lowest BCUT2D eigenvalue weighted by Crippen LogP contribution is -2.59. The van der Waals surface area contributed by atoms with Gasteiger partial charge in [-0.25, -0.2) is 9.59 Å². The molecule has 2 unspecified atom stereocenters. The second kappa shape index (κ2) is 7.11. The highest BCUT2D eigenvalue weighted by Crippen LogP contribution is 2.21. The number of carboxylic acid groups (broad SMARTS) is 1. The number of carbonyl (C=O) groups excluding carboxylic acids is 1. The Morgan fingerprint density at radius 1 is 1.29 bits per heavy atom. The molecule has 2 fully saturated rings. The number of hydrogen-bond acceptors (Lipinski definition) is 3. The van der Waals surface area contributed by atoms with Gasteiger partial charge in [0.25, 0.3) is 0 Å². The van der Waals surface area contributed by atoms with Gasteiger partial charge in [-0.05, 0) is 25.3 Å². The summed E-state index contributed by atoms with van der Waals surface area (Å²) in [6.07, 6.45) is 4.34. The second-order valence-corrected chi connectivity index (χ2v) is 6.28. The molecule has 2 aliphatic rings. The first kappa shape index (κ1) is 16.1. The molecule has 0 bridgehead atoms. The first-order valence-corrected chi connectivity index (χ1v) is 8.05. The van der Waals surface area contributed by atoms with Crippen LogP contribution in [0.3, 0.4) is 0 Å². The van der Waals surface area contributed by atoms with Gasteiger partial charge < -0.3 is 15.3 Å². The van der Waals surface area contributed by atoms with Crippen LogP contribution < -0.4 is 5.32 Å². The lowest BCUT2D eigenvalue weighted by Gasteiger charge is -2.44. The zero-order chi connectivity index (χ0) is 15.4. The normalized spacial score (nSPS) is 25.8.